The summed E-state index contributed by atoms with van der Waals surface area (Å²) in [5.74, 6) is 0. The molecular weight excluding hydrogens is 631 g/mol. The Morgan fingerprint density at radius 2 is 1.13 bits per heavy atom. The first-order valence-electron chi connectivity index (χ1n) is 18.1. The molecule has 0 bridgehead atoms. The molecule has 9 aromatic rings. The Morgan fingerprint density at radius 3 is 1.96 bits per heavy atom. The number of benzene rings is 8. The van der Waals surface area contributed by atoms with E-state index < -0.39 is 0 Å². The minimum atomic E-state index is 0.903. The molecule has 0 saturated carbocycles. The summed E-state index contributed by atoms with van der Waals surface area (Å²) in [6.45, 7) is 0. The van der Waals surface area contributed by atoms with Gasteiger partial charge in [-0.1, -0.05) is 146 Å². The molecule has 0 spiro atoms. The molecule has 2 heteroatoms. The van der Waals surface area contributed by atoms with Gasteiger partial charge in [-0.3, -0.25) is 0 Å². The molecule has 1 aliphatic carbocycles. The molecular formula is C50H35NO. The van der Waals surface area contributed by atoms with Crippen molar-refractivity contribution in [3.05, 3.63) is 193 Å². The van der Waals surface area contributed by atoms with E-state index in [9.17, 15) is 0 Å². The van der Waals surface area contributed by atoms with Gasteiger partial charge in [0.25, 0.3) is 0 Å². The van der Waals surface area contributed by atoms with E-state index in [-0.39, 0.29) is 0 Å². The SMILES string of the molecule is C1=Cc2cccc(N(c3ccc(-c4ccc(-c5ccccc5)cc4)cc3)c3ccccc3-c3ccc4oc5c6ccccc6ccc5c4c3)c2CC1. The highest BCUT2D eigenvalue weighted by molar-refractivity contribution is 6.15. The van der Waals surface area contributed by atoms with Crippen molar-refractivity contribution < 1.29 is 4.42 Å². The predicted molar refractivity (Wildman–Crippen MR) is 220 cm³/mol. The maximum Gasteiger partial charge on any atom is 0.143 e. The first kappa shape index (κ1) is 30.2. The van der Waals surface area contributed by atoms with Gasteiger partial charge in [0.15, 0.2) is 0 Å². The van der Waals surface area contributed by atoms with Crippen LogP contribution < -0.4 is 4.90 Å². The zero-order valence-electron chi connectivity index (χ0n) is 28.7. The molecule has 0 atom stereocenters. The van der Waals surface area contributed by atoms with Gasteiger partial charge in [-0.05, 0) is 99.6 Å². The first-order valence-corrected chi connectivity index (χ1v) is 18.1. The third-order valence-corrected chi connectivity index (χ3v) is 10.6. The summed E-state index contributed by atoms with van der Waals surface area (Å²) in [6, 6.07) is 63.5. The summed E-state index contributed by atoms with van der Waals surface area (Å²) in [5, 5.41) is 4.60. The van der Waals surface area contributed by atoms with Crippen LogP contribution in [-0.4, -0.2) is 0 Å². The summed E-state index contributed by atoms with van der Waals surface area (Å²) < 4.78 is 6.49. The minimum Gasteiger partial charge on any atom is -0.455 e. The van der Waals surface area contributed by atoms with Crippen LogP contribution in [0.2, 0.25) is 0 Å². The Bertz CT molecular complexity index is 2770. The van der Waals surface area contributed by atoms with Crippen molar-refractivity contribution in [3.63, 3.8) is 0 Å². The zero-order chi connectivity index (χ0) is 34.4. The summed E-state index contributed by atoms with van der Waals surface area (Å²) in [7, 11) is 0. The summed E-state index contributed by atoms with van der Waals surface area (Å²) in [6.07, 6.45) is 6.61. The molecule has 0 saturated heterocycles. The highest BCUT2D eigenvalue weighted by Gasteiger charge is 2.22. The minimum absolute atomic E-state index is 0.903. The van der Waals surface area contributed by atoms with Crippen LogP contribution in [0.1, 0.15) is 17.5 Å². The Labute approximate surface area is 303 Å². The molecule has 0 radical (unpaired) electrons. The lowest BCUT2D eigenvalue weighted by molar-refractivity contribution is 0.672. The second-order valence-electron chi connectivity index (χ2n) is 13.6. The number of nitrogens with zero attached hydrogens (tertiary/aromatic N) is 1. The van der Waals surface area contributed by atoms with Crippen LogP contribution in [0, 0.1) is 0 Å². The lowest BCUT2D eigenvalue weighted by atomic mass is 9.93. The van der Waals surface area contributed by atoms with E-state index in [1.54, 1.807) is 0 Å². The van der Waals surface area contributed by atoms with Crippen LogP contribution in [0.5, 0.6) is 0 Å². The molecule has 2 nitrogen and oxygen atoms in total. The third kappa shape index (κ3) is 5.20. The number of furan rings is 1. The van der Waals surface area contributed by atoms with E-state index in [2.05, 4.69) is 193 Å². The number of fused-ring (bicyclic) bond motifs is 6. The van der Waals surface area contributed by atoms with Crippen molar-refractivity contribution in [1.29, 1.82) is 0 Å². The highest BCUT2D eigenvalue weighted by atomic mass is 16.3. The monoisotopic (exact) mass is 665 g/mol. The Balaban J connectivity index is 1.10. The van der Waals surface area contributed by atoms with Crippen LogP contribution in [0.25, 0.3) is 72.2 Å². The average Bonchev–Trinajstić information content (AvgIpc) is 3.61. The van der Waals surface area contributed by atoms with E-state index in [1.807, 2.05) is 0 Å². The van der Waals surface area contributed by atoms with Gasteiger partial charge in [0, 0.05) is 33.1 Å². The third-order valence-electron chi connectivity index (χ3n) is 10.6. The lowest BCUT2D eigenvalue weighted by Gasteiger charge is -2.31. The number of rotatable bonds is 6. The molecule has 1 aromatic heterocycles. The van der Waals surface area contributed by atoms with Gasteiger partial charge in [-0.2, -0.15) is 0 Å². The molecule has 10 rings (SSSR count). The molecule has 0 aliphatic heterocycles. The summed E-state index contributed by atoms with van der Waals surface area (Å²) in [5.41, 5.74) is 15.2. The van der Waals surface area contributed by atoms with E-state index in [0.717, 1.165) is 57.1 Å². The van der Waals surface area contributed by atoms with Crippen LogP contribution in [0.4, 0.5) is 17.1 Å². The van der Waals surface area contributed by atoms with Crippen molar-refractivity contribution in [2.45, 2.75) is 12.8 Å². The van der Waals surface area contributed by atoms with Crippen molar-refractivity contribution in [1.82, 2.24) is 0 Å². The van der Waals surface area contributed by atoms with Crippen molar-refractivity contribution >= 4 is 55.8 Å². The molecule has 52 heavy (non-hydrogen) atoms. The fraction of sp³-hybridized carbons (Fsp3) is 0.0400. The lowest BCUT2D eigenvalue weighted by Crippen LogP contribution is -2.14. The molecule has 1 aliphatic rings. The molecule has 1 heterocycles. The standard InChI is InChI=1S/C50H35NO/c1-2-11-34(12-3-1)35-21-23-36(24-22-35)37-25-29-41(30-26-37)51(48-20-10-15-38-13-4-6-16-42(38)48)47-19-9-8-17-43(47)40-28-32-49-46(33-40)45-31-27-39-14-5-7-18-44(39)50(45)52-49/h1-5,7-15,17-33H,6,16H2. The van der Waals surface area contributed by atoms with Gasteiger partial charge in [0.1, 0.15) is 11.2 Å². The van der Waals surface area contributed by atoms with Gasteiger partial charge >= 0.3 is 0 Å². The van der Waals surface area contributed by atoms with E-state index in [0.29, 0.717) is 0 Å². The highest BCUT2D eigenvalue weighted by Crippen LogP contribution is 2.45. The van der Waals surface area contributed by atoms with Crippen LogP contribution in [-0.2, 0) is 6.42 Å². The van der Waals surface area contributed by atoms with Crippen molar-refractivity contribution in [2.75, 3.05) is 4.90 Å². The quantitative estimate of drug-likeness (QED) is 0.176. The number of hydrogen-bond acceptors (Lipinski definition) is 2. The predicted octanol–water partition coefficient (Wildman–Crippen LogP) is 14.2. The fourth-order valence-electron chi connectivity index (χ4n) is 7.95. The van der Waals surface area contributed by atoms with Gasteiger partial charge in [0.2, 0.25) is 0 Å². The maximum absolute atomic E-state index is 6.49. The summed E-state index contributed by atoms with van der Waals surface area (Å²) >= 11 is 0. The Hall–Kier alpha value is -6.64. The van der Waals surface area contributed by atoms with E-state index in [1.165, 1.54) is 50.0 Å². The molecule has 0 fully saturated rings. The first-order chi connectivity index (χ1) is 25.8. The normalized spacial score (nSPS) is 12.4. The van der Waals surface area contributed by atoms with Crippen LogP contribution in [0.3, 0.4) is 0 Å². The summed E-state index contributed by atoms with van der Waals surface area (Å²) in [4.78, 5) is 2.46. The fourth-order valence-corrected chi connectivity index (χ4v) is 7.95. The van der Waals surface area contributed by atoms with Crippen LogP contribution in [0.15, 0.2) is 186 Å². The van der Waals surface area contributed by atoms with Gasteiger partial charge < -0.3 is 9.32 Å². The molecule has 0 amide bonds. The molecule has 0 N–H and O–H groups in total. The second kappa shape index (κ2) is 12.6. The Kier molecular flexibility index (Phi) is 7.32. The number of para-hydroxylation sites is 1. The van der Waals surface area contributed by atoms with Gasteiger partial charge in [-0.25, -0.2) is 0 Å². The number of hydrogen-bond donors (Lipinski definition) is 0. The van der Waals surface area contributed by atoms with Crippen LogP contribution >= 0.6 is 0 Å². The van der Waals surface area contributed by atoms with Gasteiger partial charge in [-0.15, -0.1) is 0 Å². The number of anilines is 3. The maximum atomic E-state index is 6.49. The topological polar surface area (TPSA) is 16.4 Å². The molecule has 0 unspecified atom stereocenters. The van der Waals surface area contributed by atoms with E-state index >= 15 is 0 Å². The van der Waals surface area contributed by atoms with Crippen molar-refractivity contribution in [2.24, 2.45) is 0 Å². The second-order valence-corrected chi connectivity index (χ2v) is 13.6. The Morgan fingerprint density at radius 1 is 0.462 bits per heavy atom. The molecule has 8 aromatic carbocycles. The van der Waals surface area contributed by atoms with E-state index in [4.69, 9.17) is 4.42 Å². The average molecular weight is 666 g/mol. The van der Waals surface area contributed by atoms with Crippen molar-refractivity contribution in [3.8, 4) is 33.4 Å². The largest absolute Gasteiger partial charge is 0.455 e. The van der Waals surface area contributed by atoms with Gasteiger partial charge in [0.05, 0.1) is 5.69 Å². The molecule has 246 valence electrons. The number of allylic oxidation sites excluding steroid dienone is 1. The smallest absolute Gasteiger partial charge is 0.143 e. The zero-order valence-corrected chi connectivity index (χ0v) is 28.7.